The molecule has 0 aliphatic carbocycles. The highest BCUT2D eigenvalue weighted by molar-refractivity contribution is 4.40. The molecule has 0 spiro atoms. The summed E-state index contributed by atoms with van der Waals surface area (Å²) in [5.74, 6) is 0. The molecular formula is C11H23O2. The van der Waals surface area contributed by atoms with Gasteiger partial charge in [-0.1, -0.05) is 39.5 Å². The maximum atomic E-state index is 5.17. The molecule has 0 aromatic heterocycles. The molecule has 0 heterocycles. The summed E-state index contributed by atoms with van der Waals surface area (Å²) in [5, 5.41) is 0. The first kappa shape index (κ1) is 12.9. The van der Waals surface area contributed by atoms with Crippen molar-refractivity contribution in [2.75, 3.05) is 13.2 Å². The SMILES string of the molecule is CCCCCO[CH]OCCCCC. The number of unbranched alkanes of at least 4 members (excludes halogenated alkanes) is 4. The zero-order chi connectivity index (χ0) is 9.78. The number of rotatable bonds is 10. The Hall–Kier alpha value is -0.0800. The van der Waals surface area contributed by atoms with Crippen LogP contribution in [0.5, 0.6) is 0 Å². The molecule has 0 N–H and O–H groups in total. The molecule has 2 heteroatoms. The zero-order valence-corrected chi connectivity index (χ0v) is 9.05. The van der Waals surface area contributed by atoms with Crippen molar-refractivity contribution in [3.8, 4) is 0 Å². The van der Waals surface area contributed by atoms with Gasteiger partial charge in [0.25, 0.3) is 0 Å². The fraction of sp³-hybridized carbons (Fsp3) is 0.909. The van der Waals surface area contributed by atoms with Crippen LogP contribution in [0.2, 0.25) is 0 Å². The van der Waals surface area contributed by atoms with E-state index in [0.29, 0.717) is 0 Å². The molecule has 0 aromatic rings. The highest BCUT2D eigenvalue weighted by Crippen LogP contribution is 1.98. The molecule has 79 valence electrons. The van der Waals surface area contributed by atoms with Gasteiger partial charge in [-0.25, -0.2) is 0 Å². The molecule has 0 aliphatic heterocycles. The Morgan fingerprint density at radius 2 is 1.23 bits per heavy atom. The van der Waals surface area contributed by atoms with Gasteiger partial charge >= 0.3 is 0 Å². The van der Waals surface area contributed by atoms with Gasteiger partial charge in [-0.15, -0.1) is 0 Å². The smallest absolute Gasteiger partial charge is 0.209 e. The molecule has 0 bridgehead atoms. The van der Waals surface area contributed by atoms with Crippen LogP contribution in [0.15, 0.2) is 0 Å². The molecular weight excluding hydrogens is 164 g/mol. The summed E-state index contributed by atoms with van der Waals surface area (Å²) in [4.78, 5) is 0. The summed E-state index contributed by atoms with van der Waals surface area (Å²) in [6, 6.07) is 0. The minimum Gasteiger partial charge on any atom is -0.348 e. The van der Waals surface area contributed by atoms with Gasteiger partial charge in [0, 0.05) is 13.2 Å². The first-order valence-corrected chi connectivity index (χ1v) is 5.46. The lowest BCUT2D eigenvalue weighted by Gasteiger charge is -2.03. The predicted octanol–water partition coefficient (Wildman–Crippen LogP) is 3.52. The van der Waals surface area contributed by atoms with Gasteiger partial charge in [-0.05, 0) is 12.8 Å². The van der Waals surface area contributed by atoms with Crippen LogP contribution in [0.25, 0.3) is 0 Å². The maximum Gasteiger partial charge on any atom is 0.209 e. The third kappa shape index (κ3) is 11.9. The fourth-order valence-electron chi connectivity index (χ4n) is 1.02. The van der Waals surface area contributed by atoms with Gasteiger partial charge in [0.05, 0.1) is 0 Å². The minimum atomic E-state index is 0.793. The molecule has 0 rings (SSSR count). The van der Waals surface area contributed by atoms with Gasteiger partial charge < -0.3 is 9.47 Å². The summed E-state index contributed by atoms with van der Waals surface area (Å²) in [6.07, 6.45) is 7.21. The molecule has 2 nitrogen and oxygen atoms in total. The van der Waals surface area contributed by atoms with Crippen LogP contribution < -0.4 is 0 Å². The number of hydrogen-bond acceptors (Lipinski definition) is 2. The average Bonchev–Trinajstić information content (AvgIpc) is 2.16. The van der Waals surface area contributed by atoms with E-state index in [0.717, 1.165) is 26.1 Å². The van der Waals surface area contributed by atoms with E-state index in [2.05, 4.69) is 13.8 Å². The molecule has 0 saturated carbocycles. The summed E-state index contributed by atoms with van der Waals surface area (Å²) >= 11 is 0. The van der Waals surface area contributed by atoms with E-state index in [4.69, 9.17) is 9.47 Å². The minimum absolute atomic E-state index is 0.793. The second kappa shape index (κ2) is 11.9. The fourth-order valence-corrected chi connectivity index (χ4v) is 1.02. The van der Waals surface area contributed by atoms with E-state index >= 15 is 0 Å². The maximum absolute atomic E-state index is 5.17. The van der Waals surface area contributed by atoms with Crippen LogP contribution >= 0.6 is 0 Å². The van der Waals surface area contributed by atoms with Gasteiger partial charge in [0.2, 0.25) is 6.79 Å². The van der Waals surface area contributed by atoms with Crippen LogP contribution in [0.4, 0.5) is 0 Å². The van der Waals surface area contributed by atoms with Gasteiger partial charge in [-0.2, -0.15) is 0 Å². The average molecular weight is 187 g/mol. The third-order valence-electron chi connectivity index (χ3n) is 1.87. The van der Waals surface area contributed by atoms with E-state index in [1.54, 1.807) is 0 Å². The van der Waals surface area contributed by atoms with Crippen molar-refractivity contribution in [2.45, 2.75) is 52.4 Å². The molecule has 0 unspecified atom stereocenters. The first-order chi connectivity index (χ1) is 6.41. The van der Waals surface area contributed by atoms with Crippen LogP contribution in [0.3, 0.4) is 0 Å². The van der Waals surface area contributed by atoms with Crippen molar-refractivity contribution in [3.05, 3.63) is 6.79 Å². The highest BCUT2D eigenvalue weighted by Gasteiger charge is 1.90. The normalized spacial score (nSPS) is 10.6. The van der Waals surface area contributed by atoms with Crippen LogP contribution in [-0.4, -0.2) is 13.2 Å². The summed E-state index contributed by atoms with van der Waals surface area (Å²) in [7, 11) is 0. The van der Waals surface area contributed by atoms with Crippen molar-refractivity contribution in [1.29, 1.82) is 0 Å². The Morgan fingerprint density at radius 3 is 1.62 bits per heavy atom. The molecule has 0 aromatic carbocycles. The monoisotopic (exact) mass is 187 g/mol. The lowest BCUT2D eigenvalue weighted by molar-refractivity contribution is 0.0180. The molecule has 0 saturated heterocycles. The van der Waals surface area contributed by atoms with Crippen molar-refractivity contribution >= 4 is 0 Å². The number of ether oxygens (including phenoxy) is 2. The Labute approximate surface area is 82.6 Å². The summed E-state index contributed by atoms with van der Waals surface area (Å²) in [5.41, 5.74) is 0. The third-order valence-corrected chi connectivity index (χ3v) is 1.87. The Balaban J connectivity index is 2.76. The largest absolute Gasteiger partial charge is 0.348 e. The quantitative estimate of drug-likeness (QED) is 0.487. The van der Waals surface area contributed by atoms with E-state index in [1.807, 2.05) is 0 Å². The Kier molecular flexibility index (Phi) is 11.8. The van der Waals surface area contributed by atoms with Gasteiger partial charge in [0.1, 0.15) is 0 Å². The Bertz CT molecular complexity index is 74.2. The highest BCUT2D eigenvalue weighted by atomic mass is 16.7. The molecule has 0 amide bonds. The van der Waals surface area contributed by atoms with Crippen molar-refractivity contribution < 1.29 is 9.47 Å². The van der Waals surface area contributed by atoms with Crippen LogP contribution in [0.1, 0.15) is 52.4 Å². The van der Waals surface area contributed by atoms with Crippen molar-refractivity contribution in [1.82, 2.24) is 0 Å². The van der Waals surface area contributed by atoms with Crippen molar-refractivity contribution in [2.24, 2.45) is 0 Å². The van der Waals surface area contributed by atoms with E-state index in [-0.39, 0.29) is 0 Å². The van der Waals surface area contributed by atoms with Crippen molar-refractivity contribution in [3.63, 3.8) is 0 Å². The standard InChI is InChI=1S/C11H23O2/c1-3-5-7-9-12-11-13-10-8-6-4-2/h11H,3-10H2,1-2H3. The van der Waals surface area contributed by atoms with Crippen LogP contribution in [0, 0.1) is 6.79 Å². The second-order valence-electron chi connectivity index (χ2n) is 3.25. The molecule has 0 atom stereocenters. The summed E-state index contributed by atoms with van der Waals surface area (Å²) < 4.78 is 10.3. The Morgan fingerprint density at radius 1 is 0.769 bits per heavy atom. The lowest BCUT2D eigenvalue weighted by atomic mass is 10.3. The zero-order valence-electron chi connectivity index (χ0n) is 9.05. The predicted molar refractivity (Wildman–Crippen MR) is 55.3 cm³/mol. The van der Waals surface area contributed by atoms with Gasteiger partial charge in [-0.3, -0.25) is 0 Å². The van der Waals surface area contributed by atoms with E-state index in [1.165, 1.54) is 32.5 Å². The second-order valence-corrected chi connectivity index (χ2v) is 3.25. The van der Waals surface area contributed by atoms with E-state index < -0.39 is 0 Å². The lowest BCUT2D eigenvalue weighted by Crippen LogP contribution is -1.97. The first-order valence-electron chi connectivity index (χ1n) is 5.46. The van der Waals surface area contributed by atoms with Crippen LogP contribution in [-0.2, 0) is 9.47 Å². The van der Waals surface area contributed by atoms with E-state index in [9.17, 15) is 0 Å². The molecule has 0 aliphatic rings. The molecule has 1 radical (unpaired) electrons. The number of hydrogen-bond donors (Lipinski definition) is 0. The molecule has 0 fully saturated rings. The molecule has 13 heavy (non-hydrogen) atoms. The topological polar surface area (TPSA) is 18.5 Å². The summed E-state index contributed by atoms with van der Waals surface area (Å²) in [6.45, 7) is 7.45. The van der Waals surface area contributed by atoms with Gasteiger partial charge in [0.15, 0.2) is 0 Å².